The van der Waals surface area contributed by atoms with Crippen molar-refractivity contribution < 1.29 is 8.42 Å². The lowest BCUT2D eigenvalue weighted by Gasteiger charge is -2.25. The molecule has 0 N–H and O–H groups in total. The molecule has 0 unspecified atom stereocenters. The number of aromatic nitrogens is 1. The Bertz CT molecular complexity index is 1010. The van der Waals surface area contributed by atoms with Crippen molar-refractivity contribution in [3.05, 3.63) is 101 Å². The summed E-state index contributed by atoms with van der Waals surface area (Å²) in [6, 6.07) is 23.4. The van der Waals surface area contributed by atoms with E-state index in [1.165, 1.54) is 15.3 Å². The number of benzene rings is 2. The standard InChI is InChI=1S/C23H26N2O2S/c1-20(2)25(28(26,27)17-15-21-10-5-3-6-11-21)19-23-14-9-16-24(23)18-22-12-7-4-8-13-22/h3-17,20H,18-19H2,1-2H3/b17-15+. The zero-order valence-electron chi connectivity index (χ0n) is 16.3. The fourth-order valence-electron chi connectivity index (χ4n) is 3.06. The fraction of sp³-hybridized carbons (Fsp3) is 0.217. The molecule has 0 radical (unpaired) electrons. The van der Waals surface area contributed by atoms with E-state index in [1.54, 1.807) is 6.08 Å². The number of rotatable bonds is 8. The van der Waals surface area contributed by atoms with Crippen LogP contribution in [0.3, 0.4) is 0 Å². The lowest BCUT2D eigenvalue weighted by Crippen LogP contribution is -2.35. The second kappa shape index (κ2) is 9.04. The lowest BCUT2D eigenvalue weighted by atomic mass is 10.2. The second-order valence-corrected chi connectivity index (χ2v) is 8.78. The van der Waals surface area contributed by atoms with Crippen LogP contribution in [0, 0.1) is 0 Å². The van der Waals surface area contributed by atoms with Crippen molar-refractivity contribution in [2.75, 3.05) is 0 Å². The molecule has 5 heteroatoms. The zero-order valence-corrected chi connectivity index (χ0v) is 17.1. The first-order chi connectivity index (χ1) is 13.5. The quantitative estimate of drug-likeness (QED) is 0.553. The summed E-state index contributed by atoms with van der Waals surface area (Å²) in [4.78, 5) is 0. The van der Waals surface area contributed by atoms with Gasteiger partial charge in [-0.05, 0) is 43.2 Å². The Morgan fingerprint density at radius 2 is 1.57 bits per heavy atom. The lowest BCUT2D eigenvalue weighted by molar-refractivity contribution is 0.345. The molecule has 3 rings (SSSR count). The summed E-state index contributed by atoms with van der Waals surface area (Å²) in [6.45, 7) is 4.85. The van der Waals surface area contributed by atoms with Gasteiger partial charge in [0.2, 0.25) is 10.0 Å². The highest BCUT2D eigenvalue weighted by atomic mass is 32.2. The molecule has 0 fully saturated rings. The van der Waals surface area contributed by atoms with Gasteiger partial charge in [0.1, 0.15) is 0 Å². The molecule has 0 amide bonds. The van der Waals surface area contributed by atoms with Crippen LogP contribution in [0.15, 0.2) is 84.4 Å². The van der Waals surface area contributed by atoms with Gasteiger partial charge in [-0.1, -0.05) is 60.7 Å². The average Bonchev–Trinajstić information content (AvgIpc) is 3.12. The Morgan fingerprint density at radius 3 is 2.21 bits per heavy atom. The molecule has 0 aliphatic rings. The van der Waals surface area contributed by atoms with Gasteiger partial charge in [-0.15, -0.1) is 0 Å². The summed E-state index contributed by atoms with van der Waals surface area (Å²) in [5, 5.41) is 1.30. The van der Waals surface area contributed by atoms with E-state index in [4.69, 9.17) is 0 Å². The summed E-state index contributed by atoms with van der Waals surface area (Å²) in [7, 11) is -3.55. The van der Waals surface area contributed by atoms with Gasteiger partial charge >= 0.3 is 0 Å². The normalized spacial score (nSPS) is 12.3. The van der Waals surface area contributed by atoms with Crippen molar-refractivity contribution in [3.63, 3.8) is 0 Å². The van der Waals surface area contributed by atoms with Crippen LogP contribution in [0.25, 0.3) is 6.08 Å². The minimum absolute atomic E-state index is 0.148. The monoisotopic (exact) mass is 394 g/mol. The van der Waals surface area contributed by atoms with Crippen LogP contribution in [0.1, 0.15) is 30.7 Å². The highest BCUT2D eigenvalue weighted by Crippen LogP contribution is 2.17. The highest BCUT2D eigenvalue weighted by molar-refractivity contribution is 7.92. The third kappa shape index (κ3) is 5.21. The number of sulfonamides is 1. The molecule has 0 atom stereocenters. The maximum atomic E-state index is 13.0. The third-order valence-electron chi connectivity index (χ3n) is 4.57. The molecule has 146 valence electrons. The van der Waals surface area contributed by atoms with Crippen molar-refractivity contribution in [1.29, 1.82) is 0 Å². The largest absolute Gasteiger partial charge is 0.346 e. The molecule has 28 heavy (non-hydrogen) atoms. The average molecular weight is 395 g/mol. The van der Waals surface area contributed by atoms with E-state index in [1.807, 2.05) is 80.7 Å². The molecule has 2 aromatic carbocycles. The van der Waals surface area contributed by atoms with Crippen molar-refractivity contribution in [3.8, 4) is 0 Å². The molecular weight excluding hydrogens is 368 g/mol. The Morgan fingerprint density at radius 1 is 0.929 bits per heavy atom. The molecule has 0 saturated carbocycles. The van der Waals surface area contributed by atoms with Gasteiger partial charge in [0, 0.05) is 29.9 Å². The fourth-order valence-corrected chi connectivity index (χ4v) is 4.45. The van der Waals surface area contributed by atoms with Gasteiger partial charge in [-0.3, -0.25) is 0 Å². The molecule has 0 bridgehead atoms. The predicted octanol–water partition coefficient (Wildman–Crippen LogP) is 4.75. The highest BCUT2D eigenvalue weighted by Gasteiger charge is 2.23. The van der Waals surface area contributed by atoms with Crippen molar-refractivity contribution >= 4 is 16.1 Å². The summed E-state index contributed by atoms with van der Waals surface area (Å²) >= 11 is 0. The number of nitrogens with zero attached hydrogens (tertiary/aromatic N) is 2. The minimum atomic E-state index is -3.55. The molecule has 0 aliphatic carbocycles. The first-order valence-corrected chi connectivity index (χ1v) is 10.9. The predicted molar refractivity (Wildman–Crippen MR) is 115 cm³/mol. The van der Waals surface area contributed by atoms with Gasteiger partial charge < -0.3 is 4.57 Å². The van der Waals surface area contributed by atoms with Crippen LogP contribution >= 0.6 is 0 Å². The van der Waals surface area contributed by atoms with Gasteiger partial charge in [-0.25, -0.2) is 8.42 Å². The third-order valence-corrected chi connectivity index (χ3v) is 6.26. The Balaban J connectivity index is 1.80. The van der Waals surface area contributed by atoms with Crippen LogP contribution in [0.2, 0.25) is 0 Å². The van der Waals surface area contributed by atoms with E-state index in [0.717, 1.165) is 17.8 Å². The molecule has 0 aliphatic heterocycles. The number of hydrogen-bond donors (Lipinski definition) is 0. The molecule has 1 aromatic heterocycles. The summed E-state index contributed by atoms with van der Waals surface area (Å²) < 4.78 is 29.6. The maximum Gasteiger partial charge on any atom is 0.236 e. The van der Waals surface area contributed by atoms with E-state index in [2.05, 4.69) is 16.7 Å². The van der Waals surface area contributed by atoms with Gasteiger partial charge in [0.15, 0.2) is 0 Å². The molecule has 4 nitrogen and oxygen atoms in total. The van der Waals surface area contributed by atoms with Crippen LogP contribution in [0.4, 0.5) is 0 Å². The van der Waals surface area contributed by atoms with Gasteiger partial charge in [0.25, 0.3) is 0 Å². The zero-order chi connectivity index (χ0) is 20.0. The first-order valence-electron chi connectivity index (χ1n) is 9.38. The summed E-state index contributed by atoms with van der Waals surface area (Å²) in [5.41, 5.74) is 3.01. The first kappa shape index (κ1) is 20.1. The second-order valence-electron chi connectivity index (χ2n) is 7.01. The van der Waals surface area contributed by atoms with Gasteiger partial charge in [0.05, 0.1) is 6.54 Å². The van der Waals surface area contributed by atoms with Crippen molar-refractivity contribution in [2.45, 2.75) is 33.0 Å². The Kier molecular flexibility index (Phi) is 6.49. The molecule has 0 saturated heterocycles. The smallest absolute Gasteiger partial charge is 0.236 e. The summed E-state index contributed by atoms with van der Waals surface area (Å²) in [5.74, 6) is 0. The van der Waals surface area contributed by atoms with E-state index in [9.17, 15) is 8.42 Å². The molecular formula is C23H26N2O2S. The summed E-state index contributed by atoms with van der Waals surface area (Å²) in [6.07, 6.45) is 3.64. The molecule has 3 aromatic rings. The van der Waals surface area contributed by atoms with Gasteiger partial charge in [-0.2, -0.15) is 4.31 Å². The van der Waals surface area contributed by atoms with Crippen LogP contribution in [-0.4, -0.2) is 23.3 Å². The van der Waals surface area contributed by atoms with Crippen molar-refractivity contribution in [2.24, 2.45) is 0 Å². The molecule has 1 heterocycles. The van der Waals surface area contributed by atoms with E-state index in [-0.39, 0.29) is 6.04 Å². The topological polar surface area (TPSA) is 42.3 Å². The van der Waals surface area contributed by atoms with Crippen LogP contribution < -0.4 is 0 Å². The SMILES string of the molecule is CC(C)N(Cc1cccn1Cc1ccccc1)S(=O)(=O)/C=C/c1ccccc1. The van der Waals surface area contributed by atoms with E-state index < -0.39 is 10.0 Å². The number of hydrogen-bond acceptors (Lipinski definition) is 2. The minimum Gasteiger partial charge on any atom is -0.346 e. The van der Waals surface area contributed by atoms with Crippen LogP contribution in [-0.2, 0) is 23.1 Å². The molecule has 0 spiro atoms. The van der Waals surface area contributed by atoms with E-state index in [0.29, 0.717) is 6.54 Å². The van der Waals surface area contributed by atoms with E-state index >= 15 is 0 Å². The van der Waals surface area contributed by atoms with Crippen molar-refractivity contribution in [1.82, 2.24) is 8.87 Å². The van der Waals surface area contributed by atoms with Crippen LogP contribution in [0.5, 0.6) is 0 Å². The Hall–Kier alpha value is -2.63. The Labute approximate surface area is 167 Å². The maximum absolute atomic E-state index is 13.0.